The third-order valence-electron chi connectivity index (χ3n) is 3.58. The van der Waals surface area contributed by atoms with Gasteiger partial charge in [-0.3, -0.25) is 9.13 Å². The van der Waals surface area contributed by atoms with Gasteiger partial charge in [0.05, 0.1) is 17.2 Å². The molecule has 1 saturated carbocycles. The highest BCUT2D eigenvalue weighted by Crippen LogP contribution is 2.36. The summed E-state index contributed by atoms with van der Waals surface area (Å²) in [6.07, 6.45) is 3.80. The molecule has 1 aliphatic rings. The van der Waals surface area contributed by atoms with Crippen molar-refractivity contribution < 1.29 is 0 Å². The molecule has 1 aromatic heterocycles. The summed E-state index contributed by atoms with van der Waals surface area (Å²) in [6.45, 7) is 4.06. The molecule has 0 aliphatic heterocycles. The number of fused-ring (bicyclic) bond motifs is 1. The van der Waals surface area contributed by atoms with E-state index >= 15 is 0 Å². The molecule has 0 saturated heterocycles. The van der Waals surface area contributed by atoms with Gasteiger partial charge in [0.15, 0.2) is 0 Å². The maximum Gasteiger partial charge on any atom is 0.329 e. The van der Waals surface area contributed by atoms with Gasteiger partial charge in [-0.05, 0) is 44.4 Å². The van der Waals surface area contributed by atoms with Crippen LogP contribution in [0.5, 0.6) is 0 Å². The van der Waals surface area contributed by atoms with Crippen molar-refractivity contribution >= 4 is 17.2 Å². The second-order valence-corrected chi connectivity index (χ2v) is 5.37. The first-order chi connectivity index (χ1) is 9.13. The first kappa shape index (κ1) is 12.0. The molecule has 0 atom stereocenters. The molecule has 19 heavy (non-hydrogen) atoms. The van der Waals surface area contributed by atoms with Crippen LogP contribution in [0.15, 0.2) is 28.1 Å². The minimum absolute atomic E-state index is 0.0920. The Morgan fingerprint density at radius 2 is 2.11 bits per heavy atom. The molecular formula is C14H18N4O. The van der Waals surface area contributed by atoms with Crippen molar-refractivity contribution in [1.29, 1.82) is 0 Å². The lowest BCUT2D eigenvalue weighted by Gasteiger charge is -2.06. The molecule has 0 amide bonds. The van der Waals surface area contributed by atoms with Gasteiger partial charge in [0.1, 0.15) is 0 Å². The van der Waals surface area contributed by atoms with E-state index in [9.17, 15) is 4.79 Å². The fourth-order valence-corrected chi connectivity index (χ4v) is 2.61. The molecule has 0 unspecified atom stereocenters. The average molecular weight is 258 g/mol. The average Bonchev–Trinajstić information content (AvgIpc) is 3.13. The van der Waals surface area contributed by atoms with E-state index in [4.69, 9.17) is 5.84 Å². The van der Waals surface area contributed by atoms with E-state index < -0.39 is 0 Å². The summed E-state index contributed by atoms with van der Waals surface area (Å²) in [5.41, 5.74) is 2.98. The summed E-state index contributed by atoms with van der Waals surface area (Å²) in [7, 11) is 0. The third kappa shape index (κ3) is 1.85. The highest BCUT2D eigenvalue weighted by atomic mass is 16.1. The summed E-state index contributed by atoms with van der Waals surface area (Å²) in [6, 6.07) is 6.43. The molecule has 5 heteroatoms. The highest BCUT2D eigenvalue weighted by Gasteiger charge is 2.29. The Morgan fingerprint density at radius 1 is 1.37 bits per heavy atom. The minimum atomic E-state index is 0.0920. The van der Waals surface area contributed by atoms with E-state index in [1.54, 1.807) is 6.21 Å². The molecule has 1 fully saturated rings. The Labute approximate surface area is 111 Å². The molecule has 1 heterocycles. The van der Waals surface area contributed by atoms with Crippen molar-refractivity contribution in [3.63, 3.8) is 0 Å². The van der Waals surface area contributed by atoms with Crippen LogP contribution in [-0.4, -0.2) is 15.3 Å². The van der Waals surface area contributed by atoms with Crippen LogP contribution in [0, 0.1) is 0 Å². The van der Waals surface area contributed by atoms with Crippen LogP contribution in [-0.2, 0) is 0 Å². The maximum absolute atomic E-state index is 12.5. The molecular weight excluding hydrogens is 240 g/mol. The lowest BCUT2D eigenvalue weighted by Crippen LogP contribution is -2.24. The topological polar surface area (TPSA) is 65.3 Å². The quantitative estimate of drug-likeness (QED) is 0.520. The van der Waals surface area contributed by atoms with Crippen LogP contribution in [0.3, 0.4) is 0 Å². The number of hydrogen-bond acceptors (Lipinski definition) is 3. The van der Waals surface area contributed by atoms with E-state index in [1.165, 1.54) is 0 Å². The predicted octanol–water partition coefficient (Wildman–Crippen LogP) is 2.01. The number of nitrogens with two attached hydrogens (primary N) is 1. The molecule has 1 aliphatic carbocycles. The van der Waals surface area contributed by atoms with Crippen LogP contribution in [0.25, 0.3) is 11.0 Å². The number of benzene rings is 1. The summed E-state index contributed by atoms with van der Waals surface area (Å²) < 4.78 is 3.78. The van der Waals surface area contributed by atoms with E-state index in [-0.39, 0.29) is 11.7 Å². The van der Waals surface area contributed by atoms with Crippen molar-refractivity contribution in [2.45, 2.75) is 38.8 Å². The maximum atomic E-state index is 12.5. The molecule has 0 spiro atoms. The first-order valence-electron chi connectivity index (χ1n) is 6.63. The zero-order valence-electron chi connectivity index (χ0n) is 11.2. The van der Waals surface area contributed by atoms with Crippen molar-refractivity contribution in [3.05, 3.63) is 34.2 Å². The first-order valence-corrected chi connectivity index (χ1v) is 6.63. The van der Waals surface area contributed by atoms with E-state index in [0.29, 0.717) is 6.04 Å². The largest absolute Gasteiger partial charge is 0.329 e. The van der Waals surface area contributed by atoms with Gasteiger partial charge in [-0.15, -0.1) is 0 Å². The van der Waals surface area contributed by atoms with Crippen LogP contribution >= 0.6 is 0 Å². The summed E-state index contributed by atoms with van der Waals surface area (Å²) in [4.78, 5) is 12.5. The van der Waals surface area contributed by atoms with Crippen LogP contribution in [0.2, 0.25) is 0 Å². The molecule has 5 nitrogen and oxygen atoms in total. The van der Waals surface area contributed by atoms with Crippen molar-refractivity contribution in [3.8, 4) is 0 Å². The summed E-state index contributed by atoms with van der Waals surface area (Å²) >= 11 is 0. The lowest BCUT2D eigenvalue weighted by molar-refractivity contribution is 0.568. The lowest BCUT2D eigenvalue weighted by atomic mass is 10.2. The van der Waals surface area contributed by atoms with Crippen LogP contribution in [0.4, 0.5) is 0 Å². The number of rotatable bonds is 3. The van der Waals surface area contributed by atoms with Gasteiger partial charge < -0.3 is 5.84 Å². The van der Waals surface area contributed by atoms with Crippen molar-refractivity contribution in [2.75, 3.05) is 0 Å². The monoisotopic (exact) mass is 258 g/mol. The number of nitrogens with zero attached hydrogens (tertiary/aromatic N) is 3. The van der Waals surface area contributed by atoms with E-state index in [1.807, 2.05) is 41.2 Å². The molecule has 3 rings (SSSR count). The Bertz CT molecular complexity index is 704. The SMILES string of the molecule is CC(C)n1c(=O)n(C2CC2)c2ccc(C=NN)cc21. The van der Waals surface area contributed by atoms with Crippen molar-refractivity contribution in [2.24, 2.45) is 10.9 Å². The molecule has 0 bridgehead atoms. The summed E-state index contributed by atoms with van der Waals surface area (Å²) in [5.74, 6) is 5.19. The number of hydrogen-bond donors (Lipinski definition) is 1. The molecule has 1 aromatic carbocycles. The molecule has 2 aromatic rings. The number of hydrazone groups is 1. The predicted molar refractivity (Wildman–Crippen MR) is 76.6 cm³/mol. The fraction of sp³-hybridized carbons (Fsp3) is 0.429. The van der Waals surface area contributed by atoms with Gasteiger partial charge in [0.2, 0.25) is 0 Å². The zero-order valence-corrected chi connectivity index (χ0v) is 11.2. The standard InChI is InChI=1S/C14H18N4O/c1-9(2)17-13-7-10(8-16-15)3-6-12(13)18(14(17)19)11-4-5-11/h3,6-9,11H,4-5,15H2,1-2H3. The van der Waals surface area contributed by atoms with Gasteiger partial charge in [0.25, 0.3) is 0 Å². The number of imidazole rings is 1. The molecule has 100 valence electrons. The number of aromatic nitrogens is 2. The second kappa shape index (κ2) is 4.26. The Balaban J connectivity index is 2.33. The third-order valence-corrected chi connectivity index (χ3v) is 3.58. The van der Waals surface area contributed by atoms with Crippen LogP contribution < -0.4 is 11.5 Å². The smallest absolute Gasteiger partial charge is 0.323 e. The highest BCUT2D eigenvalue weighted by molar-refractivity contribution is 5.87. The van der Waals surface area contributed by atoms with Gasteiger partial charge in [-0.2, -0.15) is 5.10 Å². The van der Waals surface area contributed by atoms with Gasteiger partial charge in [0, 0.05) is 12.1 Å². The minimum Gasteiger partial charge on any atom is -0.323 e. The fourth-order valence-electron chi connectivity index (χ4n) is 2.61. The Kier molecular flexibility index (Phi) is 2.69. The van der Waals surface area contributed by atoms with E-state index in [0.717, 1.165) is 29.4 Å². The molecule has 2 N–H and O–H groups in total. The summed E-state index contributed by atoms with van der Waals surface area (Å²) in [5, 5.41) is 3.54. The Morgan fingerprint density at radius 3 is 2.68 bits per heavy atom. The Hall–Kier alpha value is -2.04. The van der Waals surface area contributed by atoms with E-state index in [2.05, 4.69) is 5.10 Å². The second-order valence-electron chi connectivity index (χ2n) is 5.37. The van der Waals surface area contributed by atoms with Gasteiger partial charge >= 0.3 is 5.69 Å². The van der Waals surface area contributed by atoms with Crippen LogP contribution in [0.1, 0.15) is 44.3 Å². The molecule has 0 radical (unpaired) electrons. The van der Waals surface area contributed by atoms with Gasteiger partial charge in [-0.1, -0.05) is 6.07 Å². The van der Waals surface area contributed by atoms with Crippen molar-refractivity contribution in [1.82, 2.24) is 9.13 Å². The normalized spacial score (nSPS) is 15.9. The zero-order chi connectivity index (χ0) is 13.6. The van der Waals surface area contributed by atoms with Gasteiger partial charge in [-0.25, -0.2) is 4.79 Å².